The Morgan fingerprint density at radius 2 is 2.13 bits per heavy atom. The number of aromatic hydroxyl groups is 1. The molecule has 2 nitrogen and oxygen atoms in total. The monoisotopic (exact) mass is 201 g/mol. The van der Waals surface area contributed by atoms with Crippen molar-refractivity contribution in [3.63, 3.8) is 0 Å². The van der Waals surface area contributed by atoms with E-state index >= 15 is 0 Å². The number of fused-ring (bicyclic) bond motifs is 1. The highest BCUT2D eigenvalue weighted by molar-refractivity contribution is 5.83. The Morgan fingerprint density at radius 1 is 1.27 bits per heavy atom. The van der Waals surface area contributed by atoms with Crippen LogP contribution in [0, 0.1) is 0 Å². The lowest BCUT2D eigenvalue weighted by molar-refractivity contribution is 0.476. The van der Waals surface area contributed by atoms with Crippen molar-refractivity contribution in [2.24, 2.45) is 0 Å². The molecule has 0 bridgehead atoms. The molecule has 0 atom stereocenters. The van der Waals surface area contributed by atoms with Crippen LogP contribution in [0.1, 0.15) is 25.3 Å². The van der Waals surface area contributed by atoms with Gasteiger partial charge in [-0.3, -0.25) is 4.98 Å². The summed E-state index contributed by atoms with van der Waals surface area (Å²) in [5, 5.41) is 10.5. The quantitative estimate of drug-likeness (QED) is 0.826. The molecule has 1 aromatic heterocycles. The lowest BCUT2D eigenvalue weighted by Crippen LogP contribution is -1.88. The second kappa shape index (κ2) is 4.30. The van der Waals surface area contributed by atoms with Crippen LogP contribution in [0.15, 0.2) is 30.5 Å². The van der Waals surface area contributed by atoms with Gasteiger partial charge in [0, 0.05) is 11.6 Å². The maximum atomic E-state index is 9.45. The fraction of sp³-hybridized carbons (Fsp3) is 0.308. The number of hydrogen-bond donors (Lipinski definition) is 1. The van der Waals surface area contributed by atoms with Crippen molar-refractivity contribution in [2.45, 2.75) is 26.2 Å². The lowest BCUT2D eigenvalue weighted by Gasteiger charge is -2.05. The summed E-state index contributed by atoms with van der Waals surface area (Å²) >= 11 is 0. The number of rotatable bonds is 3. The van der Waals surface area contributed by atoms with Crippen LogP contribution >= 0.6 is 0 Å². The number of nitrogens with zero attached hydrogens (tertiary/aromatic N) is 1. The number of pyridine rings is 1. The van der Waals surface area contributed by atoms with Gasteiger partial charge in [-0.15, -0.1) is 0 Å². The SMILES string of the molecule is CCCCc1ccnc2ccc(O)cc12. The highest BCUT2D eigenvalue weighted by Crippen LogP contribution is 2.22. The van der Waals surface area contributed by atoms with Gasteiger partial charge in [0.1, 0.15) is 5.75 Å². The second-order valence-corrected chi connectivity index (χ2v) is 3.78. The number of aryl methyl sites for hydroxylation is 1. The molecule has 78 valence electrons. The first kappa shape index (κ1) is 9.97. The summed E-state index contributed by atoms with van der Waals surface area (Å²) in [6.07, 6.45) is 5.25. The number of benzene rings is 1. The summed E-state index contributed by atoms with van der Waals surface area (Å²) in [6, 6.07) is 7.38. The van der Waals surface area contributed by atoms with Crippen molar-refractivity contribution < 1.29 is 5.11 Å². The number of phenolic OH excluding ortho intramolecular Hbond substituents is 1. The van der Waals surface area contributed by atoms with Gasteiger partial charge in [0.25, 0.3) is 0 Å². The van der Waals surface area contributed by atoms with Gasteiger partial charge in [-0.25, -0.2) is 0 Å². The summed E-state index contributed by atoms with van der Waals surface area (Å²) in [5.41, 5.74) is 2.24. The Bertz CT molecular complexity index is 465. The van der Waals surface area contributed by atoms with Gasteiger partial charge < -0.3 is 5.11 Å². The van der Waals surface area contributed by atoms with Crippen molar-refractivity contribution in [1.29, 1.82) is 0 Å². The second-order valence-electron chi connectivity index (χ2n) is 3.78. The molecule has 1 N–H and O–H groups in total. The molecule has 0 aliphatic carbocycles. The van der Waals surface area contributed by atoms with Crippen LogP contribution < -0.4 is 0 Å². The van der Waals surface area contributed by atoms with E-state index in [1.165, 1.54) is 18.4 Å². The molecule has 2 aromatic rings. The number of phenols is 1. The summed E-state index contributed by atoms with van der Waals surface area (Å²) in [7, 11) is 0. The zero-order valence-electron chi connectivity index (χ0n) is 8.90. The predicted octanol–water partition coefficient (Wildman–Crippen LogP) is 3.28. The van der Waals surface area contributed by atoms with Gasteiger partial charge in [0.2, 0.25) is 0 Å². The molecule has 15 heavy (non-hydrogen) atoms. The normalized spacial score (nSPS) is 10.7. The largest absolute Gasteiger partial charge is 0.508 e. The van der Waals surface area contributed by atoms with Crippen molar-refractivity contribution >= 4 is 10.9 Å². The lowest BCUT2D eigenvalue weighted by atomic mass is 10.0. The molecular weight excluding hydrogens is 186 g/mol. The molecule has 1 heterocycles. The molecule has 0 spiro atoms. The number of unbranched alkanes of at least 4 members (excludes halogenated alkanes) is 1. The molecule has 0 amide bonds. The highest BCUT2D eigenvalue weighted by atomic mass is 16.3. The van der Waals surface area contributed by atoms with E-state index in [0.29, 0.717) is 5.75 Å². The van der Waals surface area contributed by atoms with Gasteiger partial charge in [0.05, 0.1) is 5.52 Å². The standard InChI is InChI=1S/C13H15NO/c1-2-3-4-10-7-8-14-13-6-5-11(15)9-12(10)13/h5-9,15H,2-4H2,1H3. The summed E-state index contributed by atoms with van der Waals surface area (Å²) in [6.45, 7) is 2.18. The molecule has 0 saturated heterocycles. The van der Waals surface area contributed by atoms with Crippen LogP contribution in [0.3, 0.4) is 0 Å². The van der Waals surface area contributed by atoms with E-state index in [1.807, 2.05) is 18.3 Å². The average molecular weight is 201 g/mol. The van der Waals surface area contributed by atoms with Crippen molar-refractivity contribution in [1.82, 2.24) is 4.98 Å². The fourth-order valence-corrected chi connectivity index (χ4v) is 1.78. The molecule has 2 heteroatoms. The molecule has 0 aliphatic heterocycles. The minimum Gasteiger partial charge on any atom is -0.508 e. The minimum absolute atomic E-state index is 0.313. The van der Waals surface area contributed by atoms with E-state index < -0.39 is 0 Å². The van der Waals surface area contributed by atoms with Crippen molar-refractivity contribution in [3.8, 4) is 5.75 Å². The Hall–Kier alpha value is -1.57. The van der Waals surface area contributed by atoms with Gasteiger partial charge >= 0.3 is 0 Å². The Balaban J connectivity index is 2.48. The third-order valence-electron chi connectivity index (χ3n) is 2.62. The topological polar surface area (TPSA) is 33.1 Å². The number of aromatic nitrogens is 1. The maximum Gasteiger partial charge on any atom is 0.116 e. The first-order valence-corrected chi connectivity index (χ1v) is 5.38. The minimum atomic E-state index is 0.313. The van der Waals surface area contributed by atoms with Gasteiger partial charge in [-0.1, -0.05) is 13.3 Å². The summed E-state index contributed by atoms with van der Waals surface area (Å²) in [5.74, 6) is 0.313. The predicted molar refractivity (Wildman–Crippen MR) is 62.0 cm³/mol. The highest BCUT2D eigenvalue weighted by Gasteiger charge is 2.02. The number of hydrogen-bond acceptors (Lipinski definition) is 2. The molecule has 1 aromatic carbocycles. The van der Waals surface area contributed by atoms with Crippen molar-refractivity contribution in [2.75, 3.05) is 0 Å². The van der Waals surface area contributed by atoms with Gasteiger partial charge in [-0.05, 0) is 42.7 Å². The third kappa shape index (κ3) is 2.09. The average Bonchev–Trinajstić information content (AvgIpc) is 2.26. The van der Waals surface area contributed by atoms with Crippen LogP contribution in [-0.2, 0) is 6.42 Å². The van der Waals surface area contributed by atoms with E-state index in [2.05, 4.69) is 11.9 Å². The summed E-state index contributed by atoms with van der Waals surface area (Å²) < 4.78 is 0. The molecule has 2 rings (SSSR count). The third-order valence-corrected chi connectivity index (χ3v) is 2.62. The van der Waals surface area contributed by atoms with Crippen LogP contribution in [0.25, 0.3) is 10.9 Å². The van der Waals surface area contributed by atoms with E-state index in [4.69, 9.17) is 0 Å². The smallest absolute Gasteiger partial charge is 0.116 e. The zero-order chi connectivity index (χ0) is 10.7. The van der Waals surface area contributed by atoms with Crippen LogP contribution in [-0.4, -0.2) is 10.1 Å². The first-order chi connectivity index (χ1) is 7.31. The molecule has 0 saturated carbocycles. The van der Waals surface area contributed by atoms with Gasteiger partial charge in [0.15, 0.2) is 0 Å². The van der Waals surface area contributed by atoms with E-state index in [0.717, 1.165) is 17.3 Å². The molecule has 0 aliphatic rings. The van der Waals surface area contributed by atoms with Crippen molar-refractivity contribution in [3.05, 3.63) is 36.0 Å². The molecule has 0 radical (unpaired) electrons. The van der Waals surface area contributed by atoms with Crippen LogP contribution in [0.2, 0.25) is 0 Å². The fourth-order valence-electron chi connectivity index (χ4n) is 1.78. The van der Waals surface area contributed by atoms with Gasteiger partial charge in [-0.2, -0.15) is 0 Å². The zero-order valence-corrected chi connectivity index (χ0v) is 8.90. The summed E-state index contributed by atoms with van der Waals surface area (Å²) in [4.78, 5) is 4.28. The van der Waals surface area contributed by atoms with E-state index in [-0.39, 0.29) is 0 Å². The van der Waals surface area contributed by atoms with Crippen LogP contribution in [0.5, 0.6) is 5.75 Å². The maximum absolute atomic E-state index is 9.45. The van der Waals surface area contributed by atoms with E-state index in [9.17, 15) is 5.11 Å². The molecule has 0 fully saturated rings. The Morgan fingerprint density at radius 3 is 2.93 bits per heavy atom. The Labute approximate surface area is 89.6 Å². The first-order valence-electron chi connectivity index (χ1n) is 5.38. The molecular formula is C13H15NO. The molecule has 0 unspecified atom stereocenters. The van der Waals surface area contributed by atoms with Crippen LogP contribution in [0.4, 0.5) is 0 Å². The van der Waals surface area contributed by atoms with E-state index in [1.54, 1.807) is 12.1 Å². The Kier molecular flexibility index (Phi) is 2.86.